The Labute approximate surface area is 92.0 Å². The van der Waals surface area contributed by atoms with Crippen LogP contribution in [0.3, 0.4) is 0 Å². The van der Waals surface area contributed by atoms with Crippen molar-refractivity contribution in [3.05, 3.63) is 0 Å². The van der Waals surface area contributed by atoms with Crippen LogP contribution in [-0.2, 0) is 9.53 Å². The zero-order valence-electron chi connectivity index (χ0n) is 10.1. The van der Waals surface area contributed by atoms with E-state index in [0.29, 0.717) is 19.2 Å². The van der Waals surface area contributed by atoms with E-state index in [2.05, 4.69) is 19.2 Å². The van der Waals surface area contributed by atoms with Gasteiger partial charge in [0, 0.05) is 7.11 Å². The van der Waals surface area contributed by atoms with Gasteiger partial charge in [0.1, 0.15) is 0 Å². The first kappa shape index (κ1) is 12.5. The van der Waals surface area contributed by atoms with E-state index >= 15 is 0 Å². The van der Waals surface area contributed by atoms with Crippen LogP contribution in [0.2, 0.25) is 0 Å². The number of nitrogens with one attached hydrogen (secondary N) is 1. The molecule has 0 saturated carbocycles. The number of ether oxygens (including phenoxy) is 1. The molecule has 1 amide bonds. The molecule has 4 heteroatoms. The quantitative estimate of drug-likeness (QED) is 0.737. The highest BCUT2D eigenvalue weighted by Gasteiger charge is 2.36. The minimum Gasteiger partial charge on any atom is -0.383 e. The molecule has 88 valence electrons. The van der Waals surface area contributed by atoms with Gasteiger partial charge in [-0.15, -0.1) is 0 Å². The van der Waals surface area contributed by atoms with E-state index in [0.717, 1.165) is 6.42 Å². The van der Waals surface area contributed by atoms with Crippen molar-refractivity contribution in [1.29, 1.82) is 0 Å². The van der Waals surface area contributed by atoms with Crippen molar-refractivity contribution in [2.45, 2.75) is 39.3 Å². The third kappa shape index (κ3) is 2.69. The number of carbonyl (C=O) groups excluding carboxylic acids is 1. The summed E-state index contributed by atoms with van der Waals surface area (Å²) in [6.07, 6.45) is 1.02. The van der Waals surface area contributed by atoms with Crippen LogP contribution >= 0.6 is 0 Å². The molecule has 1 fully saturated rings. The molecule has 0 aliphatic carbocycles. The van der Waals surface area contributed by atoms with Crippen LogP contribution in [0.25, 0.3) is 0 Å². The molecule has 1 aliphatic heterocycles. The first-order chi connectivity index (χ1) is 7.11. The highest BCUT2D eigenvalue weighted by molar-refractivity contribution is 5.84. The summed E-state index contributed by atoms with van der Waals surface area (Å²) < 4.78 is 5.06. The van der Waals surface area contributed by atoms with Gasteiger partial charge in [0.25, 0.3) is 0 Å². The summed E-state index contributed by atoms with van der Waals surface area (Å²) in [5.41, 5.74) is 0. The second-order valence-electron chi connectivity index (χ2n) is 4.34. The number of methoxy groups -OCH3 is 1. The van der Waals surface area contributed by atoms with Crippen LogP contribution in [-0.4, -0.2) is 43.3 Å². The Kier molecular flexibility index (Phi) is 4.54. The summed E-state index contributed by atoms with van der Waals surface area (Å²) in [7, 11) is 1.66. The zero-order chi connectivity index (χ0) is 11.4. The molecule has 0 aromatic carbocycles. The molecule has 0 spiro atoms. The van der Waals surface area contributed by atoms with Gasteiger partial charge in [-0.2, -0.15) is 0 Å². The predicted molar refractivity (Wildman–Crippen MR) is 59.4 cm³/mol. The fourth-order valence-corrected chi connectivity index (χ4v) is 1.93. The van der Waals surface area contributed by atoms with Crippen molar-refractivity contribution < 1.29 is 9.53 Å². The molecule has 1 saturated heterocycles. The normalized spacial score (nSPS) is 25.7. The summed E-state index contributed by atoms with van der Waals surface area (Å²) in [5, 5.41) is 3.27. The Balaban J connectivity index is 2.55. The lowest BCUT2D eigenvalue weighted by Crippen LogP contribution is -2.40. The van der Waals surface area contributed by atoms with Crippen LogP contribution < -0.4 is 5.32 Å². The number of hydrogen-bond donors (Lipinski definition) is 1. The van der Waals surface area contributed by atoms with Gasteiger partial charge in [-0.3, -0.25) is 10.1 Å². The van der Waals surface area contributed by atoms with Crippen molar-refractivity contribution in [3.63, 3.8) is 0 Å². The Hall–Kier alpha value is -0.610. The summed E-state index contributed by atoms with van der Waals surface area (Å²) in [6, 6.07) is 0.151. The minimum absolute atomic E-state index is 0.00527. The monoisotopic (exact) mass is 214 g/mol. The van der Waals surface area contributed by atoms with E-state index < -0.39 is 0 Å². The standard InChI is InChI=1S/C11H22N2O2/c1-5-8(2)10-11(14)13(7-12-10)9(3)6-15-4/h8-10,12H,5-7H2,1-4H3. The van der Waals surface area contributed by atoms with Crippen LogP contribution in [0.4, 0.5) is 0 Å². The van der Waals surface area contributed by atoms with E-state index in [1.165, 1.54) is 0 Å². The van der Waals surface area contributed by atoms with E-state index in [1.807, 2.05) is 11.8 Å². The Morgan fingerprint density at radius 2 is 2.27 bits per heavy atom. The minimum atomic E-state index is -0.00527. The molecular formula is C11H22N2O2. The lowest BCUT2D eigenvalue weighted by molar-refractivity contribution is -0.132. The largest absolute Gasteiger partial charge is 0.383 e. The second-order valence-corrected chi connectivity index (χ2v) is 4.34. The molecule has 0 aromatic heterocycles. The van der Waals surface area contributed by atoms with Crippen molar-refractivity contribution in [2.75, 3.05) is 20.4 Å². The number of rotatable bonds is 5. The van der Waals surface area contributed by atoms with Gasteiger partial charge in [0.15, 0.2) is 0 Å². The maximum Gasteiger partial charge on any atom is 0.241 e. The predicted octanol–water partition coefficient (Wildman–Crippen LogP) is 0.825. The van der Waals surface area contributed by atoms with Crippen LogP contribution in [0.15, 0.2) is 0 Å². The number of hydrogen-bond acceptors (Lipinski definition) is 3. The first-order valence-corrected chi connectivity index (χ1v) is 5.64. The highest BCUT2D eigenvalue weighted by Crippen LogP contribution is 2.17. The SMILES string of the molecule is CCC(C)C1NCN(C(C)COC)C1=O. The van der Waals surface area contributed by atoms with Gasteiger partial charge < -0.3 is 9.64 Å². The molecule has 1 N–H and O–H groups in total. The molecule has 0 radical (unpaired) electrons. The molecule has 1 aliphatic rings. The average Bonchev–Trinajstić information content (AvgIpc) is 2.59. The lowest BCUT2D eigenvalue weighted by atomic mass is 9.99. The highest BCUT2D eigenvalue weighted by atomic mass is 16.5. The summed E-state index contributed by atoms with van der Waals surface area (Å²) in [4.78, 5) is 13.9. The lowest BCUT2D eigenvalue weighted by Gasteiger charge is -2.23. The molecule has 1 rings (SSSR count). The van der Waals surface area contributed by atoms with Crippen molar-refractivity contribution in [3.8, 4) is 0 Å². The fourth-order valence-electron chi connectivity index (χ4n) is 1.93. The van der Waals surface area contributed by atoms with E-state index in [1.54, 1.807) is 7.11 Å². The van der Waals surface area contributed by atoms with E-state index in [4.69, 9.17) is 4.74 Å². The van der Waals surface area contributed by atoms with Crippen LogP contribution in [0.5, 0.6) is 0 Å². The molecule has 1 heterocycles. The molecular weight excluding hydrogens is 192 g/mol. The maximum atomic E-state index is 12.0. The Morgan fingerprint density at radius 3 is 2.80 bits per heavy atom. The molecule has 3 atom stereocenters. The summed E-state index contributed by atoms with van der Waals surface area (Å²) >= 11 is 0. The first-order valence-electron chi connectivity index (χ1n) is 5.64. The Bertz CT molecular complexity index is 221. The van der Waals surface area contributed by atoms with E-state index in [9.17, 15) is 4.79 Å². The number of carbonyl (C=O) groups is 1. The van der Waals surface area contributed by atoms with Crippen molar-refractivity contribution in [2.24, 2.45) is 5.92 Å². The molecule has 3 unspecified atom stereocenters. The number of nitrogens with zero attached hydrogens (tertiary/aromatic N) is 1. The van der Waals surface area contributed by atoms with Gasteiger partial charge in [-0.1, -0.05) is 20.3 Å². The van der Waals surface area contributed by atoms with E-state index in [-0.39, 0.29) is 18.0 Å². The van der Waals surface area contributed by atoms with Gasteiger partial charge in [-0.25, -0.2) is 0 Å². The Morgan fingerprint density at radius 1 is 1.60 bits per heavy atom. The summed E-state index contributed by atoms with van der Waals surface area (Å²) in [5.74, 6) is 0.617. The van der Waals surface area contributed by atoms with Gasteiger partial charge >= 0.3 is 0 Å². The zero-order valence-corrected chi connectivity index (χ0v) is 10.1. The molecule has 0 bridgehead atoms. The summed E-state index contributed by atoms with van der Waals surface area (Å²) in [6.45, 7) is 7.49. The average molecular weight is 214 g/mol. The molecule has 0 aromatic rings. The third-order valence-electron chi connectivity index (χ3n) is 3.18. The molecule has 4 nitrogen and oxygen atoms in total. The maximum absolute atomic E-state index is 12.0. The third-order valence-corrected chi connectivity index (χ3v) is 3.18. The fraction of sp³-hybridized carbons (Fsp3) is 0.909. The van der Waals surface area contributed by atoms with Crippen LogP contribution in [0.1, 0.15) is 27.2 Å². The van der Waals surface area contributed by atoms with Gasteiger partial charge in [-0.05, 0) is 12.8 Å². The molecule has 15 heavy (non-hydrogen) atoms. The second kappa shape index (κ2) is 5.47. The van der Waals surface area contributed by atoms with Gasteiger partial charge in [0.05, 0.1) is 25.4 Å². The van der Waals surface area contributed by atoms with Crippen molar-refractivity contribution in [1.82, 2.24) is 10.2 Å². The smallest absolute Gasteiger partial charge is 0.241 e. The van der Waals surface area contributed by atoms with Crippen molar-refractivity contribution >= 4 is 5.91 Å². The van der Waals surface area contributed by atoms with Gasteiger partial charge in [0.2, 0.25) is 5.91 Å². The van der Waals surface area contributed by atoms with Crippen LogP contribution in [0, 0.1) is 5.92 Å². The number of amides is 1. The topological polar surface area (TPSA) is 41.6 Å².